The Kier molecular flexibility index (Phi) is 5.61. The Bertz CT molecular complexity index is 933. The minimum atomic E-state index is -0.278. The number of carbonyl (C=O) groups is 1. The van der Waals surface area contributed by atoms with E-state index in [4.69, 9.17) is 9.47 Å². The Morgan fingerprint density at radius 3 is 2.19 bits per heavy atom. The summed E-state index contributed by atoms with van der Waals surface area (Å²) in [6, 6.07) is 9.80. The van der Waals surface area contributed by atoms with Crippen molar-refractivity contribution in [3.8, 4) is 0 Å². The number of ketones is 1. The van der Waals surface area contributed by atoms with Crippen LogP contribution in [0, 0.1) is 0 Å². The smallest absolute Gasteiger partial charge is 0.261 e. The number of allylic oxidation sites excluding steroid dienone is 7. The Balaban J connectivity index is 1.84. The van der Waals surface area contributed by atoms with Gasteiger partial charge in [0.2, 0.25) is 0 Å². The topological polar surface area (TPSA) is 60.3 Å². The van der Waals surface area contributed by atoms with Gasteiger partial charge in [0.05, 0.1) is 31.3 Å². The van der Waals surface area contributed by atoms with Crippen molar-refractivity contribution in [1.29, 1.82) is 0 Å². The van der Waals surface area contributed by atoms with E-state index >= 15 is 0 Å². The maximum atomic E-state index is 12.0. The molecular formula is C22H20N2O3. The van der Waals surface area contributed by atoms with Gasteiger partial charge in [-0.25, -0.2) is 4.99 Å². The number of hydrogen-bond acceptors (Lipinski definition) is 5. The average Bonchev–Trinajstić information content (AvgIpc) is 2.69. The molecular weight excluding hydrogens is 340 g/mol. The van der Waals surface area contributed by atoms with E-state index in [1.54, 1.807) is 18.4 Å². The first-order chi connectivity index (χ1) is 13.1. The van der Waals surface area contributed by atoms with Gasteiger partial charge in [0.25, 0.3) is 5.78 Å². The molecule has 0 aliphatic heterocycles. The van der Waals surface area contributed by atoms with Crippen LogP contribution in [0.5, 0.6) is 0 Å². The quantitative estimate of drug-likeness (QED) is 0.755. The molecule has 2 aliphatic carbocycles. The standard InChI is InChI=1S/C22H20N2O3/c1-15-11-18(24-17-7-5-4-6-8-17)9-10-19(15)23-14-16-12-20(26-2)22(25)21(13-16)27-3/h4-14H,1-3H3. The molecule has 0 fully saturated rings. The summed E-state index contributed by atoms with van der Waals surface area (Å²) in [7, 11) is 2.91. The van der Waals surface area contributed by atoms with Crippen LogP contribution in [-0.4, -0.2) is 31.4 Å². The SMILES string of the molecule is COC1=CC(=CN=C2C=CC(=Nc3ccccc3)C=C2C)C=C(OC)C1=O. The van der Waals surface area contributed by atoms with E-state index in [-0.39, 0.29) is 17.3 Å². The highest BCUT2D eigenvalue weighted by Gasteiger charge is 2.21. The molecule has 0 aromatic heterocycles. The van der Waals surface area contributed by atoms with E-state index in [2.05, 4.69) is 9.98 Å². The molecule has 5 nitrogen and oxygen atoms in total. The molecule has 0 atom stereocenters. The van der Waals surface area contributed by atoms with Crippen molar-refractivity contribution in [2.24, 2.45) is 9.98 Å². The van der Waals surface area contributed by atoms with E-state index in [0.29, 0.717) is 0 Å². The maximum absolute atomic E-state index is 12.0. The number of hydrogen-bond donors (Lipinski definition) is 0. The van der Waals surface area contributed by atoms with Crippen molar-refractivity contribution in [3.63, 3.8) is 0 Å². The molecule has 0 saturated carbocycles. The van der Waals surface area contributed by atoms with E-state index in [1.165, 1.54) is 14.2 Å². The number of para-hydroxylation sites is 1. The highest BCUT2D eigenvalue weighted by molar-refractivity contribution is 6.21. The van der Waals surface area contributed by atoms with Crippen molar-refractivity contribution < 1.29 is 14.3 Å². The van der Waals surface area contributed by atoms with Crippen molar-refractivity contribution >= 4 is 22.9 Å². The number of benzene rings is 1. The molecule has 0 amide bonds. The van der Waals surface area contributed by atoms with Gasteiger partial charge in [0.15, 0.2) is 11.5 Å². The molecule has 0 spiro atoms. The summed E-state index contributed by atoms with van der Waals surface area (Å²) < 4.78 is 10.2. The first-order valence-electron chi connectivity index (χ1n) is 8.45. The molecule has 1 aromatic carbocycles. The number of methoxy groups -OCH3 is 2. The third kappa shape index (κ3) is 4.39. The van der Waals surface area contributed by atoms with Crippen molar-refractivity contribution in [3.05, 3.63) is 89.6 Å². The molecule has 5 heteroatoms. The normalized spacial score (nSPS) is 19.6. The van der Waals surface area contributed by atoms with Gasteiger partial charge in [-0.2, -0.15) is 0 Å². The number of rotatable bonds is 4. The predicted molar refractivity (Wildman–Crippen MR) is 107 cm³/mol. The fourth-order valence-corrected chi connectivity index (χ4v) is 2.62. The molecule has 3 rings (SSSR count). The molecule has 0 heterocycles. The van der Waals surface area contributed by atoms with Gasteiger partial charge in [0.1, 0.15) is 0 Å². The summed E-state index contributed by atoms with van der Waals surface area (Å²) in [4.78, 5) is 21.1. The second-order valence-electron chi connectivity index (χ2n) is 5.93. The number of carbonyl (C=O) groups excluding carboxylic acids is 1. The molecule has 2 aliphatic rings. The van der Waals surface area contributed by atoms with E-state index < -0.39 is 0 Å². The predicted octanol–water partition coefficient (Wildman–Crippen LogP) is 4.24. The Labute approximate surface area is 158 Å². The third-order valence-electron chi connectivity index (χ3n) is 4.03. The minimum absolute atomic E-state index is 0.226. The van der Waals surface area contributed by atoms with Gasteiger partial charge < -0.3 is 9.47 Å². The summed E-state index contributed by atoms with van der Waals surface area (Å²) in [6.45, 7) is 1.98. The maximum Gasteiger partial charge on any atom is 0.261 e. The molecule has 0 N–H and O–H groups in total. The van der Waals surface area contributed by atoms with Crippen LogP contribution in [0.4, 0.5) is 5.69 Å². The zero-order valence-corrected chi connectivity index (χ0v) is 15.5. The zero-order chi connectivity index (χ0) is 19.2. The number of aliphatic imine (C=N–C) groups is 2. The molecule has 1 aromatic rings. The van der Waals surface area contributed by atoms with Gasteiger partial charge in [-0.1, -0.05) is 18.2 Å². The number of ether oxygens (including phenoxy) is 2. The fourth-order valence-electron chi connectivity index (χ4n) is 2.62. The van der Waals surface area contributed by atoms with Crippen molar-refractivity contribution in [2.45, 2.75) is 6.92 Å². The summed E-state index contributed by atoms with van der Waals surface area (Å²) >= 11 is 0. The molecule has 136 valence electrons. The monoisotopic (exact) mass is 360 g/mol. The Morgan fingerprint density at radius 1 is 0.926 bits per heavy atom. The first kappa shape index (κ1) is 18.3. The third-order valence-corrected chi connectivity index (χ3v) is 4.03. The summed E-state index contributed by atoms with van der Waals surface area (Å²) in [5.74, 6) is 0.175. The lowest BCUT2D eigenvalue weighted by Crippen LogP contribution is -2.13. The average molecular weight is 360 g/mol. The van der Waals surface area contributed by atoms with E-state index in [0.717, 1.165) is 28.3 Å². The van der Waals surface area contributed by atoms with Gasteiger partial charge in [-0.15, -0.1) is 0 Å². The Hall–Kier alpha value is -3.47. The second kappa shape index (κ2) is 8.27. The highest BCUT2D eigenvalue weighted by Crippen LogP contribution is 2.20. The van der Waals surface area contributed by atoms with E-state index in [1.807, 2.05) is 55.5 Å². The lowest BCUT2D eigenvalue weighted by atomic mass is 10.0. The van der Waals surface area contributed by atoms with Gasteiger partial charge in [-0.05, 0) is 55.0 Å². The van der Waals surface area contributed by atoms with Crippen LogP contribution in [0.3, 0.4) is 0 Å². The summed E-state index contributed by atoms with van der Waals surface area (Å²) in [5, 5.41) is 0. The van der Waals surface area contributed by atoms with Crippen molar-refractivity contribution in [2.75, 3.05) is 14.2 Å². The number of Topliss-reactive ketones (excluding diaryl/α,β-unsaturated/α-hetero) is 1. The van der Waals surface area contributed by atoms with Gasteiger partial charge >= 0.3 is 0 Å². The van der Waals surface area contributed by atoms with E-state index in [9.17, 15) is 4.79 Å². The lowest BCUT2D eigenvalue weighted by Gasteiger charge is -2.13. The number of nitrogens with zero attached hydrogens (tertiary/aromatic N) is 2. The Morgan fingerprint density at radius 2 is 1.59 bits per heavy atom. The zero-order valence-electron chi connectivity index (χ0n) is 15.5. The lowest BCUT2D eigenvalue weighted by molar-refractivity contribution is -0.117. The summed E-state index contributed by atoms with van der Waals surface area (Å²) in [6.07, 6.45) is 10.8. The van der Waals surface area contributed by atoms with Crippen LogP contribution in [0.2, 0.25) is 0 Å². The fraction of sp³-hybridized carbons (Fsp3) is 0.136. The van der Waals surface area contributed by atoms with Crippen LogP contribution in [0.15, 0.2) is 99.6 Å². The molecule has 0 unspecified atom stereocenters. The highest BCUT2D eigenvalue weighted by atomic mass is 16.5. The molecule has 0 saturated heterocycles. The largest absolute Gasteiger partial charge is 0.492 e. The first-order valence-corrected chi connectivity index (χ1v) is 8.45. The van der Waals surface area contributed by atoms with Crippen LogP contribution >= 0.6 is 0 Å². The molecule has 0 radical (unpaired) electrons. The van der Waals surface area contributed by atoms with Crippen LogP contribution < -0.4 is 0 Å². The van der Waals surface area contributed by atoms with Crippen molar-refractivity contribution in [1.82, 2.24) is 0 Å². The summed E-state index contributed by atoms with van der Waals surface area (Å²) in [5.41, 5.74) is 4.33. The minimum Gasteiger partial charge on any atom is -0.492 e. The molecule has 0 bridgehead atoms. The van der Waals surface area contributed by atoms with Crippen LogP contribution in [0.1, 0.15) is 6.92 Å². The second-order valence-corrected chi connectivity index (χ2v) is 5.93. The van der Waals surface area contributed by atoms with Crippen LogP contribution in [0.25, 0.3) is 0 Å². The van der Waals surface area contributed by atoms with Gasteiger partial charge in [0, 0.05) is 11.8 Å². The van der Waals surface area contributed by atoms with Gasteiger partial charge in [-0.3, -0.25) is 9.79 Å². The van der Waals surface area contributed by atoms with Crippen LogP contribution in [-0.2, 0) is 14.3 Å². The molecule has 27 heavy (non-hydrogen) atoms.